The maximum absolute atomic E-state index is 12.8. The summed E-state index contributed by atoms with van der Waals surface area (Å²) in [7, 11) is 0. The molecule has 0 aromatic heterocycles. The van der Waals surface area contributed by atoms with Gasteiger partial charge in [0.2, 0.25) is 0 Å². The molecular weight excluding hydrogens is 368 g/mol. The van der Waals surface area contributed by atoms with Gasteiger partial charge in [0.05, 0.1) is 4.47 Å². The topological polar surface area (TPSA) is 41.6 Å². The van der Waals surface area contributed by atoms with Crippen LogP contribution in [0.5, 0.6) is 5.75 Å². The SMILES string of the molecule is CC(Oc1ccccc1Br)C(=O)N1C2CCNCC1CC2.Cl. The minimum absolute atomic E-state index is 0. The number of carbonyl (C=O) groups excluding carboxylic acids is 1. The van der Waals surface area contributed by atoms with E-state index >= 15 is 0 Å². The quantitative estimate of drug-likeness (QED) is 0.864. The van der Waals surface area contributed by atoms with Crippen LogP contribution in [-0.2, 0) is 4.79 Å². The Morgan fingerprint density at radius 2 is 2.05 bits per heavy atom. The average molecular weight is 390 g/mol. The van der Waals surface area contributed by atoms with Crippen molar-refractivity contribution in [2.24, 2.45) is 0 Å². The fourth-order valence-electron chi connectivity index (χ4n) is 3.33. The zero-order valence-corrected chi connectivity index (χ0v) is 15.0. The molecule has 0 saturated carbocycles. The number of halogens is 2. The van der Waals surface area contributed by atoms with Crippen LogP contribution in [0.25, 0.3) is 0 Å². The highest BCUT2D eigenvalue weighted by Crippen LogP contribution is 2.30. The number of carbonyl (C=O) groups is 1. The summed E-state index contributed by atoms with van der Waals surface area (Å²) in [4.78, 5) is 14.9. The van der Waals surface area contributed by atoms with Crippen molar-refractivity contribution in [3.8, 4) is 5.75 Å². The van der Waals surface area contributed by atoms with Crippen LogP contribution in [0.2, 0.25) is 0 Å². The van der Waals surface area contributed by atoms with Crippen LogP contribution in [-0.4, -0.2) is 42.1 Å². The molecule has 2 heterocycles. The molecule has 6 heteroatoms. The number of amides is 1. The van der Waals surface area contributed by atoms with Gasteiger partial charge in [-0.25, -0.2) is 0 Å². The van der Waals surface area contributed by atoms with Crippen molar-refractivity contribution in [2.45, 2.75) is 44.4 Å². The van der Waals surface area contributed by atoms with Gasteiger partial charge in [-0.05, 0) is 60.8 Å². The lowest BCUT2D eigenvalue weighted by Crippen LogP contribution is -2.48. The number of ether oxygens (including phenoxy) is 1. The van der Waals surface area contributed by atoms with Crippen LogP contribution >= 0.6 is 28.3 Å². The number of fused-ring (bicyclic) bond motifs is 2. The molecule has 3 rings (SSSR count). The normalized spacial score (nSPS) is 25.1. The van der Waals surface area contributed by atoms with Gasteiger partial charge in [0, 0.05) is 18.6 Å². The Morgan fingerprint density at radius 1 is 1.32 bits per heavy atom. The number of para-hydroxylation sites is 1. The third-order valence-electron chi connectivity index (χ3n) is 4.40. The zero-order valence-electron chi connectivity index (χ0n) is 12.6. The summed E-state index contributed by atoms with van der Waals surface area (Å²) in [6, 6.07) is 8.36. The van der Waals surface area contributed by atoms with Crippen molar-refractivity contribution >= 4 is 34.2 Å². The summed E-state index contributed by atoms with van der Waals surface area (Å²) < 4.78 is 6.75. The van der Waals surface area contributed by atoms with Crippen LogP contribution in [0.4, 0.5) is 0 Å². The van der Waals surface area contributed by atoms with Crippen LogP contribution in [0, 0.1) is 0 Å². The largest absolute Gasteiger partial charge is 0.480 e. The number of rotatable bonds is 3. The monoisotopic (exact) mass is 388 g/mol. The van der Waals surface area contributed by atoms with Gasteiger partial charge in [0.15, 0.2) is 6.10 Å². The second-order valence-corrected chi connectivity index (χ2v) is 6.67. The molecule has 1 N–H and O–H groups in total. The summed E-state index contributed by atoms with van der Waals surface area (Å²) in [6.07, 6.45) is 2.82. The molecular formula is C16H22BrClN2O2. The van der Waals surface area contributed by atoms with Crippen molar-refractivity contribution in [1.82, 2.24) is 10.2 Å². The van der Waals surface area contributed by atoms with E-state index in [0.717, 1.165) is 42.6 Å². The van der Waals surface area contributed by atoms with Gasteiger partial charge in [-0.3, -0.25) is 4.79 Å². The summed E-state index contributed by atoms with van der Waals surface area (Å²) in [5, 5.41) is 3.42. The molecule has 0 spiro atoms. The van der Waals surface area contributed by atoms with Gasteiger partial charge in [-0.2, -0.15) is 0 Å². The Morgan fingerprint density at radius 3 is 2.82 bits per heavy atom. The Kier molecular flexibility index (Phi) is 6.12. The highest BCUT2D eigenvalue weighted by Gasteiger charge is 2.40. The van der Waals surface area contributed by atoms with E-state index in [2.05, 4.69) is 26.1 Å². The van der Waals surface area contributed by atoms with E-state index in [-0.39, 0.29) is 18.3 Å². The van der Waals surface area contributed by atoms with Crippen molar-refractivity contribution < 1.29 is 9.53 Å². The summed E-state index contributed by atoms with van der Waals surface area (Å²) in [5.74, 6) is 0.834. The summed E-state index contributed by atoms with van der Waals surface area (Å²) in [6.45, 7) is 3.76. The molecule has 3 unspecified atom stereocenters. The number of nitrogens with zero attached hydrogens (tertiary/aromatic N) is 1. The molecule has 0 radical (unpaired) electrons. The molecule has 1 aromatic rings. The number of nitrogens with one attached hydrogen (secondary N) is 1. The third kappa shape index (κ3) is 3.58. The maximum Gasteiger partial charge on any atom is 0.263 e. The lowest BCUT2D eigenvalue weighted by molar-refractivity contribution is -0.140. The van der Waals surface area contributed by atoms with Gasteiger partial charge in [0.1, 0.15) is 5.75 Å². The maximum atomic E-state index is 12.8. The fourth-order valence-corrected chi connectivity index (χ4v) is 3.71. The molecule has 3 atom stereocenters. The predicted molar refractivity (Wildman–Crippen MR) is 92.6 cm³/mol. The minimum Gasteiger partial charge on any atom is -0.480 e. The molecule has 2 aliphatic rings. The van der Waals surface area contributed by atoms with E-state index < -0.39 is 6.10 Å². The number of hydrogen-bond acceptors (Lipinski definition) is 3. The van der Waals surface area contributed by atoms with Crippen molar-refractivity contribution in [3.63, 3.8) is 0 Å². The zero-order chi connectivity index (χ0) is 14.8. The smallest absolute Gasteiger partial charge is 0.263 e. The molecule has 122 valence electrons. The van der Waals surface area contributed by atoms with Gasteiger partial charge >= 0.3 is 0 Å². The van der Waals surface area contributed by atoms with Crippen molar-refractivity contribution in [1.29, 1.82) is 0 Å². The molecule has 2 saturated heterocycles. The minimum atomic E-state index is -0.454. The van der Waals surface area contributed by atoms with Crippen LogP contribution in [0.3, 0.4) is 0 Å². The van der Waals surface area contributed by atoms with Gasteiger partial charge in [0.25, 0.3) is 5.91 Å². The van der Waals surface area contributed by atoms with Crippen LogP contribution < -0.4 is 10.1 Å². The molecule has 1 amide bonds. The second-order valence-electron chi connectivity index (χ2n) is 5.81. The summed E-state index contributed by atoms with van der Waals surface area (Å²) >= 11 is 3.46. The van der Waals surface area contributed by atoms with E-state index in [1.807, 2.05) is 31.2 Å². The first-order chi connectivity index (χ1) is 10.2. The van der Waals surface area contributed by atoms with Crippen molar-refractivity contribution in [2.75, 3.05) is 13.1 Å². The van der Waals surface area contributed by atoms with Crippen LogP contribution in [0.15, 0.2) is 28.7 Å². The Bertz CT molecular complexity index is 515. The lowest BCUT2D eigenvalue weighted by atomic mass is 10.1. The van der Waals surface area contributed by atoms with E-state index in [4.69, 9.17) is 4.74 Å². The molecule has 2 aliphatic heterocycles. The molecule has 2 fully saturated rings. The molecule has 4 nitrogen and oxygen atoms in total. The van der Waals surface area contributed by atoms with Gasteiger partial charge in [-0.15, -0.1) is 12.4 Å². The van der Waals surface area contributed by atoms with Crippen LogP contribution in [0.1, 0.15) is 26.2 Å². The van der Waals surface area contributed by atoms with E-state index in [9.17, 15) is 4.79 Å². The average Bonchev–Trinajstić information content (AvgIpc) is 2.73. The molecule has 22 heavy (non-hydrogen) atoms. The first-order valence-electron chi connectivity index (χ1n) is 7.61. The number of hydrogen-bond donors (Lipinski definition) is 1. The van der Waals surface area contributed by atoms with E-state index in [1.54, 1.807) is 0 Å². The van der Waals surface area contributed by atoms with Crippen molar-refractivity contribution in [3.05, 3.63) is 28.7 Å². The standard InChI is InChI=1S/C16H21BrN2O2.ClH/c1-11(21-15-5-3-2-4-14(15)17)16(20)19-12-6-7-13(19)10-18-9-8-12;/h2-5,11-13,18H,6-10H2,1H3;1H. The number of benzene rings is 1. The summed E-state index contributed by atoms with van der Waals surface area (Å²) in [5.41, 5.74) is 0. The Hall–Kier alpha value is -0.780. The van der Waals surface area contributed by atoms with E-state index in [1.165, 1.54) is 0 Å². The molecule has 2 bridgehead atoms. The highest BCUT2D eigenvalue weighted by molar-refractivity contribution is 9.10. The first-order valence-corrected chi connectivity index (χ1v) is 8.40. The third-order valence-corrected chi connectivity index (χ3v) is 5.05. The van der Waals surface area contributed by atoms with Gasteiger partial charge < -0.3 is 15.0 Å². The Balaban J connectivity index is 0.00000176. The first kappa shape index (κ1) is 17.6. The second kappa shape index (κ2) is 7.66. The fraction of sp³-hybridized carbons (Fsp3) is 0.562. The highest BCUT2D eigenvalue weighted by atomic mass is 79.9. The van der Waals surface area contributed by atoms with Gasteiger partial charge in [-0.1, -0.05) is 12.1 Å². The predicted octanol–water partition coefficient (Wildman–Crippen LogP) is 2.99. The molecule has 1 aromatic carbocycles. The van der Waals surface area contributed by atoms with E-state index in [0.29, 0.717) is 12.1 Å². The lowest BCUT2D eigenvalue weighted by Gasteiger charge is -2.30. The Labute approximate surface area is 146 Å². The molecule has 0 aliphatic carbocycles.